The maximum absolute atomic E-state index is 12.0. The van der Waals surface area contributed by atoms with Gasteiger partial charge < -0.3 is 20.5 Å². The third-order valence-corrected chi connectivity index (χ3v) is 3.35. The van der Waals surface area contributed by atoms with Crippen LogP contribution >= 0.6 is 12.4 Å². The molecule has 0 saturated carbocycles. The number of hydrogen-bond donors (Lipinski definition) is 2. The molecule has 1 heterocycles. The summed E-state index contributed by atoms with van der Waals surface area (Å²) in [5.41, 5.74) is 6.14. The van der Waals surface area contributed by atoms with E-state index in [1.165, 1.54) is 0 Å². The van der Waals surface area contributed by atoms with E-state index in [4.69, 9.17) is 15.2 Å². The van der Waals surface area contributed by atoms with Crippen molar-refractivity contribution in [2.45, 2.75) is 38.8 Å². The van der Waals surface area contributed by atoms with Crippen molar-refractivity contribution in [2.24, 2.45) is 5.73 Å². The Bertz CT molecular complexity index is 492. The standard InChI is InChI=1S/C15H22N2O3.ClH/c1-3-6-15(2,16)14(18)17-10-11-4-5-12-13(9-11)20-8-7-19-12;/h4-5,9H,3,6-8,10,16H2,1-2H3,(H,17,18);1H. The van der Waals surface area contributed by atoms with Crippen molar-refractivity contribution in [3.63, 3.8) is 0 Å². The number of nitrogens with one attached hydrogen (secondary N) is 1. The lowest BCUT2D eigenvalue weighted by Crippen LogP contribution is -2.51. The molecular weight excluding hydrogens is 292 g/mol. The zero-order valence-electron chi connectivity index (χ0n) is 12.5. The molecule has 118 valence electrons. The third-order valence-electron chi connectivity index (χ3n) is 3.35. The second-order valence-electron chi connectivity index (χ2n) is 5.33. The molecule has 21 heavy (non-hydrogen) atoms. The summed E-state index contributed by atoms with van der Waals surface area (Å²) in [5, 5.41) is 2.87. The number of hydrogen-bond acceptors (Lipinski definition) is 4. The average molecular weight is 315 g/mol. The zero-order chi connectivity index (χ0) is 14.6. The fourth-order valence-corrected chi connectivity index (χ4v) is 2.21. The van der Waals surface area contributed by atoms with Crippen LogP contribution in [0.25, 0.3) is 0 Å². The molecule has 6 heteroatoms. The Hall–Kier alpha value is -1.46. The van der Waals surface area contributed by atoms with Gasteiger partial charge in [0.1, 0.15) is 13.2 Å². The molecule has 0 spiro atoms. The highest BCUT2D eigenvalue weighted by Gasteiger charge is 2.26. The van der Waals surface area contributed by atoms with Crippen LogP contribution in [0.3, 0.4) is 0 Å². The molecule has 5 nitrogen and oxygen atoms in total. The minimum absolute atomic E-state index is 0. The molecule has 0 saturated heterocycles. The van der Waals surface area contributed by atoms with Gasteiger partial charge in [-0.25, -0.2) is 0 Å². The van der Waals surface area contributed by atoms with E-state index >= 15 is 0 Å². The lowest BCUT2D eigenvalue weighted by Gasteiger charge is -2.23. The molecular formula is C15H23ClN2O3. The van der Waals surface area contributed by atoms with E-state index in [9.17, 15) is 4.79 Å². The van der Waals surface area contributed by atoms with Gasteiger partial charge in [0.2, 0.25) is 5.91 Å². The number of nitrogens with two attached hydrogens (primary N) is 1. The molecule has 1 aliphatic rings. The molecule has 0 radical (unpaired) electrons. The van der Waals surface area contributed by atoms with Crippen molar-refractivity contribution in [3.05, 3.63) is 23.8 Å². The summed E-state index contributed by atoms with van der Waals surface area (Å²) in [5.74, 6) is 1.35. The van der Waals surface area contributed by atoms with Gasteiger partial charge >= 0.3 is 0 Å². The van der Waals surface area contributed by atoms with E-state index in [1.54, 1.807) is 6.92 Å². The molecule has 1 aromatic carbocycles. The van der Waals surface area contributed by atoms with E-state index in [0.29, 0.717) is 26.2 Å². The minimum Gasteiger partial charge on any atom is -0.486 e. The number of halogens is 1. The summed E-state index contributed by atoms with van der Waals surface area (Å²) in [6.07, 6.45) is 1.55. The van der Waals surface area contributed by atoms with Crippen LogP contribution in [0.15, 0.2) is 18.2 Å². The van der Waals surface area contributed by atoms with E-state index in [0.717, 1.165) is 23.5 Å². The van der Waals surface area contributed by atoms with Gasteiger partial charge in [-0.1, -0.05) is 19.4 Å². The van der Waals surface area contributed by atoms with Crippen LogP contribution in [0.1, 0.15) is 32.3 Å². The largest absolute Gasteiger partial charge is 0.486 e. The molecule has 0 aromatic heterocycles. The lowest BCUT2D eigenvalue weighted by molar-refractivity contribution is -0.126. The molecule has 2 rings (SSSR count). The molecule has 0 fully saturated rings. The fourth-order valence-electron chi connectivity index (χ4n) is 2.21. The lowest BCUT2D eigenvalue weighted by atomic mass is 9.96. The van der Waals surface area contributed by atoms with E-state index in [2.05, 4.69) is 5.32 Å². The molecule has 1 atom stereocenters. The smallest absolute Gasteiger partial charge is 0.240 e. The van der Waals surface area contributed by atoms with Crippen LogP contribution in [0.4, 0.5) is 0 Å². The first kappa shape index (κ1) is 17.6. The first-order chi connectivity index (χ1) is 9.53. The van der Waals surface area contributed by atoms with Gasteiger partial charge in [0, 0.05) is 6.54 Å². The molecule has 3 N–H and O–H groups in total. The van der Waals surface area contributed by atoms with Gasteiger partial charge in [0.05, 0.1) is 5.54 Å². The second kappa shape index (κ2) is 7.52. The van der Waals surface area contributed by atoms with Crippen molar-refractivity contribution in [3.8, 4) is 11.5 Å². The van der Waals surface area contributed by atoms with Crippen LogP contribution in [-0.4, -0.2) is 24.7 Å². The van der Waals surface area contributed by atoms with Gasteiger partial charge in [-0.15, -0.1) is 12.4 Å². The topological polar surface area (TPSA) is 73.6 Å². The number of carbonyl (C=O) groups excluding carboxylic acids is 1. The Morgan fingerprint density at radius 3 is 2.67 bits per heavy atom. The van der Waals surface area contributed by atoms with Crippen LogP contribution in [0.5, 0.6) is 11.5 Å². The maximum atomic E-state index is 12.0. The molecule has 0 bridgehead atoms. The van der Waals surface area contributed by atoms with Gasteiger partial charge in [-0.2, -0.15) is 0 Å². The fraction of sp³-hybridized carbons (Fsp3) is 0.533. The molecule has 1 unspecified atom stereocenters. The van der Waals surface area contributed by atoms with Crippen molar-refractivity contribution >= 4 is 18.3 Å². The zero-order valence-corrected chi connectivity index (χ0v) is 13.3. The molecule has 1 amide bonds. The number of amides is 1. The van der Waals surface area contributed by atoms with E-state index in [1.807, 2.05) is 25.1 Å². The Morgan fingerprint density at radius 2 is 2.00 bits per heavy atom. The number of ether oxygens (including phenoxy) is 2. The van der Waals surface area contributed by atoms with Gasteiger partial charge in [-0.3, -0.25) is 4.79 Å². The first-order valence-electron chi connectivity index (χ1n) is 6.98. The minimum atomic E-state index is -0.817. The second-order valence-corrected chi connectivity index (χ2v) is 5.33. The van der Waals surface area contributed by atoms with Crippen LogP contribution < -0.4 is 20.5 Å². The van der Waals surface area contributed by atoms with Gasteiger partial charge in [0.15, 0.2) is 11.5 Å². The van der Waals surface area contributed by atoms with Gasteiger partial charge in [-0.05, 0) is 31.0 Å². The summed E-state index contributed by atoms with van der Waals surface area (Å²) in [4.78, 5) is 12.0. The highest BCUT2D eigenvalue weighted by molar-refractivity contribution is 5.85. The normalized spacial score (nSPS) is 15.6. The Kier molecular flexibility index (Phi) is 6.30. The van der Waals surface area contributed by atoms with Crippen LogP contribution in [-0.2, 0) is 11.3 Å². The Labute approximate surface area is 131 Å². The van der Waals surface area contributed by atoms with Gasteiger partial charge in [0.25, 0.3) is 0 Å². The van der Waals surface area contributed by atoms with Crippen LogP contribution in [0.2, 0.25) is 0 Å². The van der Waals surface area contributed by atoms with Crippen molar-refractivity contribution in [1.82, 2.24) is 5.32 Å². The average Bonchev–Trinajstić information content (AvgIpc) is 2.44. The maximum Gasteiger partial charge on any atom is 0.240 e. The van der Waals surface area contributed by atoms with E-state index in [-0.39, 0.29) is 18.3 Å². The molecule has 1 aromatic rings. The number of fused-ring (bicyclic) bond motifs is 1. The number of benzene rings is 1. The van der Waals surface area contributed by atoms with Crippen molar-refractivity contribution in [1.29, 1.82) is 0 Å². The summed E-state index contributed by atoms with van der Waals surface area (Å²) in [6.45, 7) is 5.34. The first-order valence-corrected chi connectivity index (χ1v) is 6.98. The Balaban J connectivity index is 0.00000220. The van der Waals surface area contributed by atoms with Crippen molar-refractivity contribution < 1.29 is 14.3 Å². The summed E-state index contributed by atoms with van der Waals surface area (Å²) in [7, 11) is 0. The quantitative estimate of drug-likeness (QED) is 0.872. The summed E-state index contributed by atoms with van der Waals surface area (Å²) < 4.78 is 11.0. The summed E-state index contributed by atoms with van der Waals surface area (Å²) in [6, 6.07) is 5.67. The van der Waals surface area contributed by atoms with E-state index < -0.39 is 5.54 Å². The number of rotatable bonds is 5. The Morgan fingerprint density at radius 1 is 1.33 bits per heavy atom. The SMILES string of the molecule is CCCC(C)(N)C(=O)NCc1ccc2c(c1)OCCO2.Cl. The highest BCUT2D eigenvalue weighted by atomic mass is 35.5. The number of carbonyl (C=O) groups is 1. The van der Waals surface area contributed by atoms with Crippen LogP contribution in [0, 0.1) is 0 Å². The molecule has 0 aliphatic carbocycles. The van der Waals surface area contributed by atoms with Crippen molar-refractivity contribution in [2.75, 3.05) is 13.2 Å². The predicted molar refractivity (Wildman–Crippen MR) is 84.0 cm³/mol. The third kappa shape index (κ3) is 4.51. The predicted octanol–water partition coefficient (Wildman–Crippen LogP) is 2.01. The molecule has 1 aliphatic heterocycles. The summed E-state index contributed by atoms with van der Waals surface area (Å²) >= 11 is 0. The highest BCUT2D eigenvalue weighted by Crippen LogP contribution is 2.30. The monoisotopic (exact) mass is 314 g/mol.